The van der Waals surface area contributed by atoms with Crippen LogP contribution in [0.5, 0.6) is 0 Å². The first-order valence-corrected chi connectivity index (χ1v) is 7.10. The van der Waals surface area contributed by atoms with E-state index in [0.717, 1.165) is 18.5 Å². The molecule has 0 aliphatic rings. The standard InChI is InChI=1S/C18H22FN/c1-13-10-14(2)12-17(11-13)15(3)20-9-8-16-4-6-18(19)7-5-16/h4-7,10-12,15,20H,8-9H2,1-3H3. The van der Waals surface area contributed by atoms with Gasteiger partial charge in [-0.3, -0.25) is 0 Å². The molecule has 2 heteroatoms. The van der Waals surface area contributed by atoms with Gasteiger partial charge in [0.2, 0.25) is 0 Å². The molecule has 0 aliphatic heterocycles. The lowest BCUT2D eigenvalue weighted by Gasteiger charge is -2.15. The Balaban J connectivity index is 1.88. The number of rotatable bonds is 5. The largest absolute Gasteiger partial charge is 0.310 e. The van der Waals surface area contributed by atoms with Gasteiger partial charge in [-0.2, -0.15) is 0 Å². The number of hydrogen-bond acceptors (Lipinski definition) is 1. The molecule has 1 nitrogen and oxygen atoms in total. The zero-order valence-corrected chi connectivity index (χ0v) is 12.4. The molecule has 1 atom stereocenters. The van der Waals surface area contributed by atoms with Gasteiger partial charge in [0.05, 0.1) is 0 Å². The van der Waals surface area contributed by atoms with Crippen molar-refractivity contribution in [2.75, 3.05) is 6.54 Å². The van der Waals surface area contributed by atoms with Gasteiger partial charge >= 0.3 is 0 Å². The molecule has 0 spiro atoms. The van der Waals surface area contributed by atoms with Crippen LogP contribution >= 0.6 is 0 Å². The molecule has 2 aromatic carbocycles. The van der Waals surface area contributed by atoms with E-state index in [9.17, 15) is 4.39 Å². The van der Waals surface area contributed by atoms with Gasteiger partial charge in [0.25, 0.3) is 0 Å². The summed E-state index contributed by atoms with van der Waals surface area (Å²) in [6.07, 6.45) is 0.912. The van der Waals surface area contributed by atoms with Crippen molar-refractivity contribution < 1.29 is 4.39 Å². The lowest BCUT2D eigenvalue weighted by molar-refractivity contribution is 0.575. The number of aryl methyl sites for hydroxylation is 2. The van der Waals surface area contributed by atoms with Crippen molar-refractivity contribution in [3.63, 3.8) is 0 Å². The number of nitrogens with one attached hydrogen (secondary N) is 1. The van der Waals surface area contributed by atoms with Crippen LogP contribution in [0.1, 0.15) is 35.2 Å². The Labute approximate surface area is 120 Å². The molecule has 1 unspecified atom stereocenters. The summed E-state index contributed by atoms with van der Waals surface area (Å²) in [7, 11) is 0. The van der Waals surface area contributed by atoms with Crippen LogP contribution in [-0.4, -0.2) is 6.54 Å². The molecule has 1 N–H and O–H groups in total. The van der Waals surface area contributed by atoms with Crippen molar-refractivity contribution in [3.05, 3.63) is 70.5 Å². The molecule has 2 rings (SSSR count). The predicted octanol–water partition coefficient (Wildman–Crippen LogP) is 4.34. The van der Waals surface area contributed by atoms with Crippen LogP contribution in [0.2, 0.25) is 0 Å². The van der Waals surface area contributed by atoms with Gasteiger partial charge in [-0.15, -0.1) is 0 Å². The fourth-order valence-corrected chi connectivity index (χ4v) is 2.46. The zero-order chi connectivity index (χ0) is 14.5. The Kier molecular flexibility index (Phi) is 4.91. The van der Waals surface area contributed by atoms with Crippen LogP contribution in [0.15, 0.2) is 42.5 Å². The highest BCUT2D eigenvalue weighted by molar-refractivity contribution is 5.30. The smallest absolute Gasteiger partial charge is 0.123 e. The van der Waals surface area contributed by atoms with Gasteiger partial charge in [-0.05, 0) is 57.0 Å². The molecule has 0 radical (unpaired) electrons. The fourth-order valence-electron chi connectivity index (χ4n) is 2.46. The molecule has 0 aromatic heterocycles. The van der Waals surface area contributed by atoms with Crippen molar-refractivity contribution in [3.8, 4) is 0 Å². The monoisotopic (exact) mass is 271 g/mol. The maximum atomic E-state index is 12.8. The van der Waals surface area contributed by atoms with Crippen molar-refractivity contribution in [1.29, 1.82) is 0 Å². The van der Waals surface area contributed by atoms with Crippen LogP contribution in [0.3, 0.4) is 0 Å². The lowest BCUT2D eigenvalue weighted by Crippen LogP contribution is -2.21. The predicted molar refractivity (Wildman–Crippen MR) is 82.4 cm³/mol. The maximum Gasteiger partial charge on any atom is 0.123 e. The topological polar surface area (TPSA) is 12.0 Å². The summed E-state index contributed by atoms with van der Waals surface area (Å²) in [5.74, 6) is -0.176. The number of halogens is 1. The quantitative estimate of drug-likeness (QED) is 0.853. The second-order valence-electron chi connectivity index (χ2n) is 5.47. The maximum absolute atomic E-state index is 12.8. The lowest BCUT2D eigenvalue weighted by atomic mass is 10.0. The molecule has 0 bridgehead atoms. The third-order valence-electron chi connectivity index (χ3n) is 3.52. The average molecular weight is 271 g/mol. The molecule has 0 aliphatic carbocycles. The van der Waals surface area contributed by atoms with E-state index in [4.69, 9.17) is 0 Å². The van der Waals surface area contributed by atoms with Crippen LogP contribution in [0, 0.1) is 19.7 Å². The first kappa shape index (κ1) is 14.7. The zero-order valence-electron chi connectivity index (χ0n) is 12.4. The Hall–Kier alpha value is -1.67. The molecule has 0 saturated carbocycles. The van der Waals surface area contributed by atoms with Crippen LogP contribution < -0.4 is 5.32 Å². The van der Waals surface area contributed by atoms with Crippen LogP contribution in [-0.2, 0) is 6.42 Å². The van der Waals surface area contributed by atoms with Gasteiger partial charge < -0.3 is 5.32 Å². The van der Waals surface area contributed by atoms with E-state index in [1.54, 1.807) is 0 Å². The highest BCUT2D eigenvalue weighted by Gasteiger charge is 2.05. The van der Waals surface area contributed by atoms with Crippen molar-refractivity contribution in [2.45, 2.75) is 33.2 Å². The minimum atomic E-state index is -0.176. The van der Waals surface area contributed by atoms with E-state index >= 15 is 0 Å². The summed E-state index contributed by atoms with van der Waals surface area (Å²) in [6.45, 7) is 7.32. The average Bonchev–Trinajstić information content (AvgIpc) is 2.40. The molecule has 106 valence electrons. The summed E-state index contributed by atoms with van der Waals surface area (Å²) in [5, 5.41) is 3.52. The summed E-state index contributed by atoms with van der Waals surface area (Å²) in [5.41, 5.74) is 5.08. The Morgan fingerprint density at radius 2 is 1.60 bits per heavy atom. The Morgan fingerprint density at radius 3 is 2.20 bits per heavy atom. The summed E-state index contributed by atoms with van der Waals surface area (Å²) >= 11 is 0. The molecule has 2 aromatic rings. The Bertz CT molecular complexity index is 540. The molecule has 0 fully saturated rings. The first-order valence-electron chi connectivity index (χ1n) is 7.10. The van der Waals surface area contributed by atoms with Gasteiger partial charge in [0.1, 0.15) is 5.82 Å². The second kappa shape index (κ2) is 6.67. The minimum absolute atomic E-state index is 0.176. The van der Waals surface area contributed by atoms with E-state index in [1.165, 1.54) is 28.8 Å². The molecule has 20 heavy (non-hydrogen) atoms. The van der Waals surface area contributed by atoms with Gasteiger partial charge in [-0.25, -0.2) is 4.39 Å². The minimum Gasteiger partial charge on any atom is -0.310 e. The van der Waals surface area contributed by atoms with Crippen LogP contribution in [0.4, 0.5) is 4.39 Å². The Morgan fingerprint density at radius 1 is 1.00 bits per heavy atom. The molecular formula is C18H22FN. The summed E-state index contributed by atoms with van der Waals surface area (Å²) in [4.78, 5) is 0. The van der Waals surface area contributed by atoms with Gasteiger partial charge in [0.15, 0.2) is 0 Å². The fraction of sp³-hybridized carbons (Fsp3) is 0.333. The van der Waals surface area contributed by atoms with Crippen molar-refractivity contribution in [2.24, 2.45) is 0 Å². The van der Waals surface area contributed by atoms with Crippen molar-refractivity contribution >= 4 is 0 Å². The van der Waals surface area contributed by atoms with Gasteiger partial charge in [-0.1, -0.05) is 41.5 Å². The summed E-state index contributed by atoms with van der Waals surface area (Å²) in [6, 6.07) is 13.7. The van der Waals surface area contributed by atoms with Crippen molar-refractivity contribution in [1.82, 2.24) is 5.32 Å². The second-order valence-corrected chi connectivity index (χ2v) is 5.47. The van der Waals surface area contributed by atoms with E-state index in [1.807, 2.05) is 12.1 Å². The highest BCUT2D eigenvalue weighted by atomic mass is 19.1. The van der Waals surface area contributed by atoms with Gasteiger partial charge in [0, 0.05) is 6.04 Å². The molecule has 0 heterocycles. The third-order valence-corrected chi connectivity index (χ3v) is 3.52. The van der Waals surface area contributed by atoms with E-state index < -0.39 is 0 Å². The molecule has 0 amide bonds. The summed E-state index contributed by atoms with van der Waals surface area (Å²) < 4.78 is 12.8. The highest BCUT2D eigenvalue weighted by Crippen LogP contribution is 2.16. The van der Waals surface area contributed by atoms with E-state index in [-0.39, 0.29) is 5.82 Å². The van der Waals surface area contributed by atoms with Crippen LogP contribution in [0.25, 0.3) is 0 Å². The third kappa shape index (κ3) is 4.17. The number of benzene rings is 2. The SMILES string of the molecule is Cc1cc(C)cc(C(C)NCCc2ccc(F)cc2)c1. The molecule has 0 saturated heterocycles. The number of hydrogen-bond donors (Lipinski definition) is 1. The van der Waals surface area contributed by atoms with E-state index in [2.05, 4.69) is 44.3 Å². The molecular weight excluding hydrogens is 249 g/mol. The first-order chi connectivity index (χ1) is 9.54. The normalized spacial score (nSPS) is 12.4. The van der Waals surface area contributed by atoms with E-state index in [0.29, 0.717) is 6.04 Å².